The van der Waals surface area contributed by atoms with E-state index in [4.69, 9.17) is 9.15 Å². The summed E-state index contributed by atoms with van der Waals surface area (Å²) in [5.74, 6) is 0.759. The van der Waals surface area contributed by atoms with Gasteiger partial charge >= 0.3 is 5.63 Å². The van der Waals surface area contributed by atoms with E-state index in [0.717, 1.165) is 29.7 Å². The number of ether oxygens (including phenoxy) is 1. The van der Waals surface area contributed by atoms with Crippen molar-refractivity contribution in [1.82, 2.24) is 0 Å². The second-order valence-corrected chi connectivity index (χ2v) is 5.75. The summed E-state index contributed by atoms with van der Waals surface area (Å²) in [5.41, 5.74) is 3.85. The average molecular weight is 307 g/mol. The Hall–Kier alpha value is -2.75. The molecule has 2 aromatic carbocycles. The maximum atomic E-state index is 11.9. The number of para-hydroxylation sites is 1. The molecule has 1 aliphatic rings. The maximum Gasteiger partial charge on any atom is 0.336 e. The summed E-state index contributed by atoms with van der Waals surface area (Å²) in [7, 11) is 1.64. The molecule has 0 spiro atoms. The quantitative estimate of drug-likeness (QED) is 0.696. The molecule has 116 valence electrons. The van der Waals surface area contributed by atoms with Crippen molar-refractivity contribution in [2.24, 2.45) is 0 Å². The van der Waals surface area contributed by atoms with Crippen molar-refractivity contribution in [2.75, 3.05) is 18.6 Å². The zero-order chi connectivity index (χ0) is 15.8. The number of rotatable bonds is 3. The average Bonchev–Trinajstić information content (AvgIpc) is 2.98. The highest BCUT2D eigenvalue weighted by atomic mass is 16.5. The van der Waals surface area contributed by atoms with Crippen molar-refractivity contribution >= 4 is 16.7 Å². The molecule has 4 heteroatoms. The van der Waals surface area contributed by atoms with Gasteiger partial charge in [0.1, 0.15) is 11.3 Å². The lowest BCUT2D eigenvalue weighted by Gasteiger charge is -2.20. The first-order valence-corrected chi connectivity index (χ1v) is 7.68. The minimum Gasteiger partial charge on any atom is -0.497 e. The van der Waals surface area contributed by atoms with E-state index in [1.807, 2.05) is 6.07 Å². The van der Waals surface area contributed by atoms with Crippen molar-refractivity contribution in [3.63, 3.8) is 0 Å². The largest absolute Gasteiger partial charge is 0.497 e. The predicted octanol–water partition coefficient (Wildman–Crippen LogP) is 3.36. The van der Waals surface area contributed by atoms with Crippen LogP contribution in [-0.4, -0.2) is 13.7 Å². The molecule has 2 heterocycles. The van der Waals surface area contributed by atoms with E-state index in [0.29, 0.717) is 12.1 Å². The van der Waals surface area contributed by atoms with E-state index in [1.54, 1.807) is 25.3 Å². The Morgan fingerprint density at radius 3 is 2.91 bits per heavy atom. The van der Waals surface area contributed by atoms with Gasteiger partial charge in [-0.15, -0.1) is 0 Å². The molecule has 0 bridgehead atoms. The molecule has 0 atom stereocenters. The Kier molecular flexibility index (Phi) is 3.30. The van der Waals surface area contributed by atoms with Crippen molar-refractivity contribution in [2.45, 2.75) is 13.0 Å². The minimum absolute atomic E-state index is 0.315. The fourth-order valence-electron chi connectivity index (χ4n) is 3.24. The third kappa shape index (κ3) is 2.46. The van der Waals surface area contributed by atoms with E-state index in [1.165, 1.54) is 11.3 Å². The van der Waals surface area contributed by atoms with Crippen LogP contribution in [-0.2, 0) is 13.0 Å². The Balaban J connectivity index is 1.78. The van der Waals surface area contributed by atoms with Gasteiger partial charge in [0.2, 0.25) is 0 Å². The van der Waals surface area contributed by atoms with E-state index >= 15 is 0 Å². The van der Waals surface area contributed by atoms with Crippen molar-refractivity contribution in [3.8, 4) is 5.75 Å². The normalized spacial score (nSPS) is 13.3. The third-order valence-electron chi connectivity index (χ3n) is 4.38. The van der Waals surface area contributed by atoms with Gasteiger partial charge < -0.3 is 14.1 Å². The second-order valence-electron chi connectivity index (χ2n) is 5.75. The number of methoxy groups -OCH3 is 1. The molecule has 0 saturated heterocycles. The minimum atomic E-state index is -0.315. The molecule has 1 aliphatic heterocycles. The summed E-state index contributed by atoms with van der Waals surface area (Å²) >= 11 is 0. The lowest BCUT2D eigenvalue weighted by molar-refractivity contribution is 0.415. The van der Waals surface area contributed by atoms with Crippen molar-refractivity contribution in [1.29, 1.82) is 0 Å². The SMILES string of the molecule is COc1ccc2oc(=O)cc(CN3CCc4ccccc43)c2c1. The Labute approximate surface area is 133 Å². The van der Waals surface area contributed by atoms with E-state index in [9.17, 15) is 4.79 Å². The number of benzene rings is 2. The van der Waals surface area contributed by atoms with Gasteiger partial charge in [0.05, 0.1) is 7.11 Å². The van der Waals surface area contributed by atoms with Crippen molar-refractivity contribution < 1.29 is 9.15 Å². The summed E-state index contributed by atoms with van der Waals surface area (Å²) < 4.78 is 10.6. The van der Waals surface area contributed by atoms with Crippen LogP contribution < -0.4 is 15.3 Å². The summed E-state index contributed by atoms with van der Waals surface area (Å²) in [6, 6.07) is 15.5. The first-order valence-electron chi connectivity index (χ1n) is 7.68. The molecule has 23 heavy (non-hydrogen) atoms. The molecule has 0 unspecified atom stereocenters. The number of anilines is 1. The summed E-state index contributed by atoms with van der Waals surface area (Å²) in [4.78, 5) is 14.2. The van der Waals surface area contributed by atoms with Gasteiger partial charge in [-0.25, -0.2) is 4.79 Å². The zero-order valence-corrected chi connectivity index (χ0v) is 12.9. The van der Waals surface area contributed by atoms with Gasteiger partial charge in [-0.2, -0.15) is 0 Å². The topological polar surface area (TPSA) is 42.7 Å². The molecule has 0 fully saturated rings. The zero-order valence-electron chi connectivity index (χ0n) is 12.9. The predicted molar refractivity (Wildman–Crippen MR) is 90.2 cm³/mol. The van der Waals surface area contributed by atoms with Crippen LogP contribution in [0.1, 0.15) is 11.1 Å². The maximum absolute atomic E-state index is 11.9. The molecule has 0 saturated carbocycles. The number of fused-ring (bicyclic) bond motifs is 2. The van der Waals surface area contributed by atoms with Gasteiger partial charge in [-0.3, -0.25) is 0 Å². The van der Waals surface area contributed by atoms with Gasteiger partial charge in [-0.1, -0.05) is 18.2 Å². The highest BCUT2D eigenvalue weighted by Crippen LogP contribution is 2.30. The Morgan fingerprint density at radius 1 is 1.17 bits per heavy atom. The molecule has 0 radical (unpaired) electrons. The van der Waals surface area contributed by atoms with Gasteiger partial charge in [0.15, 0.2) is 0 Å². The smallest absolute Gasteiger partial charge is 0.336 e. The summed E-state index contributed by atoms with van der Waals surface area (Å²) in [6.07, 6.45) is 1.04. The monoisotopic (exact) mass is 307 g/mol. The molecule has 0 amide bonds. The van der Waals surface area contributed by atoms with Gasteiger partial charge in [0.25, 0.3) is 0 Å². The molecular weight excluding hydrogens is 290 g/mol. The van der Waals surface area contributed by atoms with Gasteiger partial charge in [0, 0.05) is 30.2 Å². The van der Waals surface area contributed by atoms with Crippen molar-refractivity contribution in [3.05, 3.63) is 70.1 Å². The number of hydrogen-bond donors (Lipinski definition) is 0. The fourth-order valence-corrected chi connectivity index (χ4v) is 3.24. The van der Waals surface area contributed by atoms with Crippen LogP contribution >= 0.6 is 0 Å². The molecule has 4 rings (SSSR count). The Bertz CT molecular complexity index is 929. The molecule has 4 nitrogen and oxygen atoms in total. The highest BCUT2D eigenvalue weighted by Gasteiger charge is 2.19. The Morgan fingerprint density at radius 2 is 2.04 bits per heavy atom. The third-order valence-corrected chi connectivity index (χ3v) is 4.38. The number of hydrogen-bond acceptors (Lipinski definition) is 4. The van der Waals surface area contributed by atoms with Crippen LogP contribution in [0.4, 0.5) is 5.69 Å². The summed E-state index contributed by atoms with van der Waals surface area (Å²) in [6.45, 7) is 1.65. The standard InChI is InChI=1S/C19H17NO3/c1-22-15-6-7-18-16(11-15)14(10-19(21)23-18)12-20-9-8-13-4-2-3-5-17(13)20/h2-7,10-11H,8-9,12H2,1H3. The lowest BCUT2D eigenvalue weighted by Crippen LogP contribution is -2.20. The van der Waals surface area contributed by atoms with Crippen LogP contribution in [0.15, 0.2) is 57.7 Å². The van der Waals surface area contributed by atoms with E-state index < -0.39 is 0 Å². The lowest BCUT2D eigenvalue weighted by atomic mass is 10.1. The first kappa shape index (κ1) is 13.9. The van der Waals surface area contributed by atoms with Crippen LogP contribution in [0.5, 0.6) is 5.75 Å². The first-order chi connectivity index (χ1) is 11.2. The van der Waals surface area contributed by atoms with Crippen LogP contribution in [0.2, 0.25) is 0 Å². The highest BCUT2D eigenvalue weighted by molar-refractivity contribution is 5.82. The van der Waals surface area contributed by atoms with Crippen LogP contribution in [0, 0.1) is 0 Å². The summed E-state index contributed by atoms with van der Waals surface area (Å²) in [5, 5.41) is 0.924. The second kappa shape index (κ2) is 5.47. The fraction of sp³-hybridized carbons (Fsp3) is 0.211. The van der Waals surface area contributed by atoms with E-state index in [-0.39, 0.29) is 5.63 Å². The molecule has 1 aromatic heterocycles. The molecular formula is C19H17NO3. The molecule has 3 aromatic rings. The molecule has 0 N–H and O–H groups in total. The van der Waals surface area contributed by atoms with E-state index in [2.05, 4.69) is 29.2 Å². The van der Waals surface area contributed by atoms with Gasteiger partial charge in [-0.05, 0) is 41.8 Å². The molecule has 0 aliphatic carbocycles. The number of nitrogens with zero attached hydrogens (tertiary/aromatic N) is 1. The van der Waals surface area contributed by atoms with Crippen LogP contribution in [0.25, 0.3) is 11.0 Å². The van der Waals surface area contributed by atoms with Crippen LogP contribution in [0.3, 0.4) is 0 Å².